The second-order valence-corrected chi connectivity index (χ2v) is 6.71. The molecule has 3 rings (SSSR count). The summed E-state index contributed by atoms with van der Waals surface area (Å²) in [5.41, 5.74) is 3.15. The molecule has 0 aromatic heterocycles. The molecular weight excluding hydrogens is 260 g/mol. The van der Waals surface area contributed by atoms with Crippen molar-refractivity contribution < 1.29 is 4.79 Å². The first-order valence-electron chi connectivity index (χ1n) is 8.38. The summed E-state index contributed by atoms with van der Waals surface area (Å²) < 4.78 is 0. The second kappa shape index (κ2) is 6.50. The number of carbonyl (C=O) groups is 1. The molecule has 0 radical (unpaired) electrons. The standard InChI is InChI=1S/C18H26N2O/c1-13-7-9-14(10-8-13)12-20-18(21)16-6-2-4-15-5-3-11-19-17(15)16/h2,4,6,13-14,19H,3,5,7-12H2,1H3,(H,20,21). The summed E-state index contributed by atoms with van der Waals surface area (Å²) in [6.45, 7) is 4.13. The quantitative estimate of drug-likeness (QED) is 0.891. The minimum absolute atomic E-state index is 0.0832. The molecule has 1 amide bonds. The summed E-state index contributed by atoms with van der Waals surface area (Å²) in [5.74, 6) is 1.61. The molecule has 1 aliphatic heterocycles. The van der Waals surface area contributed by atoms with Gasteiger partial charge in [0.25, 0.3) is 5.91 Å². The normalized spacial score (nSPS) is 24.8. The van der Waals surface area contributed by atoms with Gasteiger partial charge in [0.15, 0.2) is 0 Å². The molecule has 1 aromatic rings. The number of amides is 1. The summed E-state index contributed by atoms with van der Waals surface area (Å²) in [5, 5.41) is 6.55. The van der Waals surface area contributed by atoms with Crippen molar-refractivity contribution >= 4 is 11.6 Å². The fourth-order valence-electron chi connectivity index (χ4n) is 3.56. The fraction of sp³-hybridized carbons (Fsp3) is 0.611. The van der Waals surface area contributed by atoms with Gasteiger partial charge < -0.3 is 10.6 Å². The summed E-state index contributed by atoms with van der Waals surface area (Å²) >= 11 is 0. The molecule has 0 atom stereocenters. The Bertz CT molecular complexity index is 504. The van der Waals surface area contributed by atoms with Gasteiger partial charge in [0.1, 0.15) is 0 Å². The lowest BCUT2D eigenvalue weighted by atomic mass is 9.83. The predicted molar refractivity (Wildman–Crippen MR) is 86.7 cm³/mol. The van der Waals surface area contributed by atoms with Crippen LogP contribution >= 0.6 is 0 Å². The van der Waals surface area contributed by atoms with Crippen LogP contribution < -0.4 is 10.6 Å². The van der Waals surface area contributed by atoms with E-state index in [1.807, 2.05) is 12.1 Å². The fourth-order valence-corrected chi connectivity index (χ4v) is 3.56. The molecule has 3 nitrogen and oxygen atoms in total. The Labute approximate surface area is 127 Å². The minimum Gasteiger partial charge on any atom is -0.384 e. The van der Waals surface area contributed by atoms with E-state index in [0.717, 1.165) is 43.1 Å². The van der Waals surface area contributed by atoms with Gasteiger partial charge in [-0.1, -0.05) is 31.9 Å². The lowest BCUT2D eigenvalue weighted by Crippen LogP contribution is -2.32. The van der Waals surface area contributed by atoms with Crippen LogP contribution in [0.3, 0.4) is 0 Å². The first kappa shape index (κ1) is 14.4. The lowest BCUT2D eigenvalue weighted by molar-refractivity contribution is 0.0942. The molecule has 0 bridgehead atoms. The van der Waals surface area contributed by atoms with Gasteiger partial charge in [-0.15, -0.1) is 0 Å². The van der Waals surface area contributed by atoms with E-state index in [2.05, 4.69) is 23.6 Å². The molecule has 1 heterocycles. The number of benzene rings is 1. The van der Waals surface area contributed by atoms with Gasteiger partial charge in [0, 0.05) is 13.1 Å². The summed E-state index contributed by atoms with van der Waals surface area (Å²) in [6, 6.07) is 6.07. The van der Waals surface area contributed by atoms with Crippen LogP contribution in [-0.4, -0.2) is 19.0 Å². The van der Waals surface area contributed by atoms with Crippen LogP contribution in [0.25, 0.3) is 0 Å². The highest BCUT2D eigenvalue weighted by atomic mass is 16.1. The van der Waals surface area contributed by atoms with Crippen molar-refractivity contribution in [2.45, 2.75) is 45.4 Å². The molecule has 1 aliphatic carbocycles. The van der Waals surface area contributed by atoms with Crippen molar-refractivity contribution in [2.75, 3.05) is 18.4 Å². The number of rotatable bonds is 3. The molecule has 1 fully saturated rings. The number of hydrogen-bond donors (Lipinski definition) is 2. The van der Waals surface area contributed by atoms with Gasteiger partial charge >= 0.3 is 0 Å². The number of carbonyl (C=O) groups excluding carboxylic acids is 1. The van der Waals surface area contributed by atoms with E-state index >= 15 is 0 Å². The van der Waals surface area contributed by atoms with E-state index in [-0.39, 0.29) is 5.91 Å². The number of anilines is 1. The summed E-state index contributed by atoms with van der Waals surface area (Å²) in [6.07, 6.45) is 7.35. The van der Waals surface area contributed by atoms with Crippen LogP contribution in [0.15, 0.2) is 18.2 Å². The van der Waals surface area contributed by atoms with Crippen LogP contribution in [0.5, 0.6) is 0 Å². The number of nitrogens with one attached hydrogen (secondary N) is 2. The Hall–Kier alpha value is -1.51. The van der Waals surface area contributed by atoms with Gasteiger partial charge in [-0.05, 0) is 49.1 Å². The largest absolute Gasteiger partial charge is 0.384 e. The first-order valence-corrected chi connectivity index (χ1v) is 8.38. The van der Waals surface area contributed by atoms with Crippen molar-refractivity contribution in [2.24, 2.45) is 11.8 Å². The van der Waals surface area contributed by atoms with E-state index < -0.39 is 0 Å². The van der Waals surface area contributed by atoms with Crippen molar-refractivity contribution in [3.8, 4) is 0 Å². The van der Waals surface area contributed by atoms with Gasteiger partial charge in [0.2, 0.25) is 0 Å². The van der Waals surface area contributed by atoms with Crippen molar-refractivity contribution in [1.82, 2.24) is 5.32 Å². The van der Waals surface area contributed by atoms with Crippen LogP contribution in [0.1, 0.15) is 54.9 Å². The molecule has 1 saturated carbocycles. The number of para-hydroxylation sites is 1. The van der Waals surface area contributed by atoms with Gasteiger partial charge in [-0.25, -0.2) is 0 Å². The molecule has 21 heavy (non-hydrogen) atoms. The zero-order valence-corrected chi connectivity index (χ0v) is 13.0. The maximum absolute atomic E-state index is 12.5. The molecular formula is C18H26N2O. The Balaban J connectivity index is 1.61. The molecule has 2 N–H and O–H groups in total. The molecule has 3 heteroatoms. The predicted octanol–water partition coefficient (Wildman–Crippen LogP) is 3.60. The highest BCUT2D eigenvalue weighted by Gasteiger charge is 2.21. The van der Waals surface area contributed by atoms with Crippen LogP contribution in [0, 0.1) is 11.8 Å². The molecule has 0 spiro atoms. The maximum Gasteiger partial charge on any atom is 0.253 e. The average Bonchev–Trinajstić information content (AvgIpc) is 2.53. The van der Waals surface area contributed by atoms with Crippen molar-refractivity contribution in [1.29, 1.82) is 0 Å². The monoisotopic (exact) mass is 286 g/mol. The van der Waals surface area contributed by atoms with E-state index in [1.54, 1.807) is 0 Å². The Morgan fingerprint density at radius 1 is 1.29 bits per heavy atom. The number of hydrogen-bond acceptors (Lipinski definition) is 2. The molecule has 0 saturated heterocycles. The van der Waals surface area contributed by atoms with Crippen LogP contribution in [0.4, 0.5) is 5.69 Å². The third-order valence-corrected chi connectivity index (χ3v) is 5.01. The summed E-state index contributed by atoms with van der Waals surface area (Å²) in [7, 11) is 0. The number of aryl methyl sites for hydroxylation is 1. The second-order valence-electron chi connectivity index (χ2n) is 6.71. The zero-order chi connectivity index (χ0) is 14.7. The number of fused-ring (bicyclic) bond motifs is 1. The third kappa shape index (κ3) is 3.39. The van der Waals surface area contributed by atoms with Gasteiger partial charge in [-0.3, -0.25) is 4.79 Å². The van der Waals surface area contributed by atoms with Gasteiger partial charge in [-0.2, -0.15) is 0 Å². The lowest BCUT2D eigenvalue weighted by Gasteiger charge is -2.26. The molecule has 2 aliphatic rings. The molecule has 0 unspecified atom stereocenters. The smallest absolute Gasteiger partial charge is 0.253 e. The molecule has 1 aromatic carbocycles. The van der Waals surface area contributed by atoms with Crippen molar-refractivity contribution in [3.63, 3.8) is 0 Å². The van der Waals surface area contributed by atoms with E-state index in [9.17, 15) is 4.79 Å². The average molecular weight is 286 g/mol. The topological polar surface area (TPSA) is 41.1 Å². The first-order chi connectivity index (χ1) is 10.2. The zero-order valence-electron chi connectivity index (χ0n) is 13.0. The van der Waals surface area contributed by atoms with E-state index in [1.165, 1.54) is 31.2 Å². The Morgan fingerprint density at radius 2 is 2.10 bits per heavy atom. The van der Waals surface area contributed by atoms with Crippen LogP contribution in [-0.2, 0) is 6.42 Å². The third-order valence-electron chi connectivity index (χ3n) is 5.01. The Kier molecular flexibility index (Phi) is 4.47. The van der Waals surface area contributed by atoms with Crippen LogP contribution in [0.2, 0.25) is 0 Å². The highest BCUT2D eigenvalue weighted by molar-refractivity contribution is 6.00. The summed E-state index contributed by atoms with van der Waals surface area (Å²) in [4.78, 5) is 12.5. The highest BCUT2D eigenvalue weighted by Crippen LogP contribution is 2.28. The Morgan fingerprint density at radius 3 is 2.90 bits per heavy atom. The van der Waals surface area contributed by atoms with Crippen molar-refractivity contribution in [3.05, 3.63) is 29.3 Å². The van der Waals surface area contributed by atoms with Gasteiger partial charge in [0.05, 0.1) is 11.3 Å². The molecule has 114 valence electrons. The maximum atomic E-state index is 12.5. The SMILES string of the molecule is CC1CCC(CNC(=O)c2cccc3c2NCCC3)CC1. The van der Waals surface area contributed by atoms with E-state index in [0.29, 0.717) is 5.92 Å². The minimum atomic E-state index is 0.0832. The van der Waals surface area contributed by atoms with E-state index in [4.69, 9.17) is 0 Å².